The molecule has 0 saturated carbocycles. The summed E-state index contributed by atoms with van der Waals surface area (Å²) in [5, 5.41) is 3.30. The van der Waals surface area contributed by atoms with Gasteiger partial charge in [0.1, 0.15) is 0 Å². The van der Waals surface area contributed by atoms with E-state index in [1.54, 1.807) is 54.6 Å². The van der Waals surface area contributed by atoms with E-state index in [0.717, 1.165) is 0 Å². The van der Waals surface area contributed by atoms with Gasteiger partial charge in [0.2, 0.25) is 0 Å². The van der Waals surface area contributed by atoms with Crippen molar-refractivity contribution >= 4 is 20.4 Å². The summed E-state index contributed by atoms with van der Waals surface area (Å²) in [6.45, 7) is -1.30. The van der Waals surface area contributed by atoms with E-state index in [4.69, 9.17) is 8.39 Å². The van der Waals surface area contributed by atoms with Gasteiger partial charge in [-0.25, -0.2) is 4.55 Å². The Morgan fingerprint density at radius 3 is 1.38 bits per heavy atom. The van der Waals surface area contributed by atoms with Crippen molar-refractivity contribution in [3.63, 3.8) is 0 Å². The maximum atomic E-state index is 14.7. The molecule has 1 atom stereocenters. The van der Waals surface area contributed by atoms with Gasteiger partial charge in [-0.05, 0) is 36.4 Å². The maximum absolute atomic E-state index is 14.7. The molecule has 172 valence electrons. The minimum atomic E-state index is -5.95. The van der Waals surface area contributed by atoms with Crippen LogP contribution in [0, 0.1) is 0 Å². The van der Waals surface area contributed by atoms with Crippen LogP contribution in [0.25, 0.3) is 0 Å². The first-order valence-electron chi connectivity index (χ1n) is 9.41. The lowest BCUT2D eigenvalue weighted by Gasteiger charge is -2.27. The molecule has 10 heteroatoms. The summed E-state index contributed by atoms with van der Waals surface area (Å²) in [5.41, 5.74) is 0. The quantitative estimate of drug-likeness (QED) is 0.227. The van der Waals surface area contributed by atoms with Crippen LogP contribution in [0.1, 0.15) is 6.42 Å². The van der Waals surface area contributed by atoms with Gasteiger partial charge in [0.25, 0.3) is 0 Å². The molecule has 0 bridgehead atoms. The highest BCUT2D eigenvalue weighted by Gasteiger charge is 2.71. The third-order valence-corrected chi connectivity index (χ3v) is 9.90. The Bertz CT molecular complexity index is 1050. The predicted molar refractivity (Wildman–Crippen MR) is 115 cm³/mol. The Hall–Kier alpha value is -2.40. The molecule has 0 saturated heterocycles. The van der Waals surface area contributed by atoms with Crippen molar-refractivity contribution in [1.29, 1.82) is 0 Å². The van der Waals surface area contributed by atoms with Crippen LogP contribution in [0.2, 0.25) is 0 Å². The van der Waals surface area contributed by atoms with E-state index in [0.29, 0.717) is 0 Å². The average molecular weight is 490 g/mol. The molecule has 0 aliphatic carbocycles. The fourth-order valence-electron chi connectivity index (χ4n) is 3.02. The molecule has 0 spiro atoms. The summed E-state index contributed by atoms with van der Waals surface area (Å²) in [5.74, 6) is -4.98. The van der Waals surface area contributed by atoms with E-state index in [1.807, 2.05) is 0 Å². The second-order valence-corrected chi connectivity index (χ2v) is 11.3. The zero-order valence-corrected chi connectivity index (χ0v) is 18.2. The molecule has 4 nitrogen and oxygen atoms in total. The number of benzene rings is 3. The van der Waals surface area contributed by atoms with Gasteiger partial charge in [0.05, 0.1) is 14.7 Å². The van der Waals surface area contributed by atoms with Crippen LogP contribution < -0.4 is 0 Å². The standard InChI is InChI=1S/C22H20F4O4S2/c23-21(24,16-17-27)22(25,26)32(28,29)30-31(18-10-4-1-5-11-18,19-12-6-2-7-13-19)20-14-8-3-9-15-20/h1-15,27H,16-17H2/p+1. The van der Waals surface area contributed by atoms with Gasteiger partial charge in [-0.3, -0.25) is 0 Å². The Labute approximate surface area is 185 Å². The normalized spacial score (nSPS) is 15.1. The van der Waals surface area contributed by atoms with Crippen LogP contribution in [-0.2, 0) is 13.4 Å². The largest absolute Gasteiger partial charge is 0.496 e. The van der Waals surface area contributed by atoms with Crippen molar-refractivity contribution in [1.82, 2.24) is 0 Å². The monoisotopic (exact) mass is 489 g/mol. The van der Waals surface area contributed by atoms with Gasteiger partial charge in [-0.15, -0.1) is 7.49 Å². The number of rotatable bonds is 8. The van der Waals surface area contributed by atoms with Crippen LogP contribution >= 0.6 is 10.3 Å². The first-order valence-corrected chi connectivity index (χ1v) is 12.4. The molecule has 0 aromatic heterocycles. The molecule has 0 amide bonds. The zero-order valence-electron chi connectivity index (χ0n) is 16.6. The summed E-state index contributed by atoms with van der Waals surface area (Å²) in [6, 6.07) is 23.6. The molecule has 0 aliphatic heterocycles. The molecule has 0 fully saturated rings. The second-order valence-electron chi connectivity index (χ2n) is 6.73. The first kappa shape index (κ1) is 24.2. The van der Waals surface area contributed by atoms with Crippen LogP contribution in [0.4, 0.5) is 17.6 Å². The van der Waals surface area contributed by atoms with E-state index >= 15 is 0 Å². The number of aliphatic hydroxyl groups excluding tert-OH is 1. The summed E-state index contributed by atoms with van der Waals surface area (Å²) < 4.78 is 86.4. The van der Waals surface area contributed by atoms with E-state index in [-0.39, 0.29) is 14.7 Å². The van der Waals surface area contributed by atoms with Crippen molar-refractivity contribution in [2.75, 3.05) is 6.61 Å². The van der Waals surface area contributed by atoms with Gasteiger partial charge in [0.15, 0.2) is 10.3 Å². The molecule has 3 aromatic carbocycles. The fourth-order valence-corrected chi connectivity index (χ4v) is 8.33. The molecule has 0 radical (unpaired) electrons. The summed E-state index contributed by atoms with van der Waals surface area (Å²) in [6.07, 6.45) is -1.70. The van der Waals surface area contributed by atoms with Crippen LogP contribution in [-0.4, -0.2) is 31.7 Å². The van der Waals surface area contributed by atoms with Crippen molar-refractivity contribution in [2.24, 2.45) is 0 Å². The third-order valence-electron chi connectivity index (χ3n) is 4.60. The number of hydrogen-bond donors (Lipinski definition) is 2. The molecular weight excluding hydrogens is 468 g/mol. The van der Waals surface area contributed by atoms with E-state index in [2.05, 4.69) is 0 Å². The average Bonchev–Trinajstić information content (AvgIpc) is 2.79. The third kappa shape index (κ3) is 4.27. The number of alkyl halides is 4. The molecule has 1 unspecified atom stereocenters. The molecule has 0 heterocycles. The summed E-state index contributed by atoms with van der Waals surface area (Å²) in [7, 11) is -9.30. The Morgan fingerprint density at radius 1 is 0.719 bits per heavy atom. The zero-order chi connectivity index (χ0) is 23.5. The fraction of sp³-hybridized carbons (Fsp3) is 0.182. The van der Waals surface area contributed by atoms with E-state index < -0.39 is 44.6 Å². The van der Waals surface area contributed by atoms with E-state index in [9.17, 15) is 26.3 Å². The Morgan fingerprint density at radius 2 is 1.06 bits per heavy atom. The molecule has 3 rings (SSSR count). The van der Waals surface area contributed by atoms with Crippen molar-refractivity contribution in [2.45, 2.75) is 32.3 Å². The Balaban J connectivity index is 2.44. The lowest BCUT2D eigenvalue weighted by atomic mass is 10.2. The van der Waals surface area contributed by atoms with Crippen LogP contribution in [0.5, 0.6) is 0 Å². The maximum Gasteiger partial charge on any atom is 0.496 e. The summed E-state index contributed by atoms with van der Waals surface area (Å²) >= 11 is 0. The molecular formula is C22H21F4O4S2+. The van der Waals surface area contributed by atoms with E-state index in [1.165, 1.54) is 36.4 Å². The molecule has 32 heavy (non-hydrogen) atoms. The van der Waals surface area contributed by atoms with Crippen molar-refractivity contribution in [3.8, 4) is 0 Å². The highest BCUT2D eigenvalue weighted by atomic mass is 32.3. The number of aliphatic hydroxyl groups is 1. The van der Waals surface area contributed by atoms with Crippen LogP contribution in [0.15, 0.2) is 106 Å². The van der Waals surface area contributed by atoms with Crippen molar-refractivity contribution in [3.05, 3.63) is 91.0 Å². The SMILES string of the molecule is O=S(O)(=[O+]S(c1ccccc1)(c1ccccc1)c1ccccc1)C(F)(F)C(F)(F)CCO. The minimum Gasteiger partial charge on any atom is -0.396 e. The van der Waals surface area contributed by atoms with Gasteiger partial charge < -0.3 is 5.11 Å². The number of hydrogen-bond acceptors (Lipinski definition) is 2. The minimum absolute atomic E-state index is 0.264. The topological polar surface area (TPSA) is 68.8 Å². The highest BCUT2D eigenvalue weighted by molar-refractivity contribution is 8.30. The molecule has 3 aromatic rings. The molecule has 2 N–H and O–H groups in total. The van der Waals surface area contributed by atoms with Gasteiger partial charge in [-0.1, -0.05) is 54.6 Å². The molecule has 0 aliphatic rings. The highest BCUT2D eigenvalue weighted by Crippen LogP contribution is 2.68. The number of halogens is 4. The first-order chi connectivity index (χ1) is 15.1. The van der Waals surface area contributed by atoms with Crippen LogP contribution in [0.3, 0.4) is 0 Å². The second kappa shape index (κ2) is 9.22. The van der Waals surface area contributed by atoms with Crippen molar-refractivity contribution < 1.29 is 34.7 Å². The summed E-state index contributed by atoms with van der Waals surface area (Å²) in [4.78, 5) is 0.793. The lowest BCUT2D eigenvalue weighted by Crippen LogP contribution is -2.47. The Kier molecular flexibility index (Phi) is 6.99. The van der Waals surface area contributed by atoms with Gasteiger partial charge in [0, 0.05) is 13.0 Å². The van der Waals surface area contributed by atoms with Gasteiger partial charge >= 0.3 is 21.3 Å². The lowest BCUT2D eigenvalue weighted by molar-refractivity contribution is -0.169. The smallest absolute Gasteiger partial charge is 0.396 e. The van der Waals surface area contributed by atoms with Gasteiger partial charge in [-0.2, -0.15) is 17.6 Å². The predicted octanol–water partition coefficient (Wildman–Crippen LogP) is 6.13.